The van der Waals surface area contributed by atoms with Crippen LogP contribution in [0.25, 0.3) is 4.96 Å². The van der Waals surface area contributed by atoms with Crippen molar-refractivity contribution in [2.75, 3.05) is 0 Å². The molecular weight excluding hydrogens is 200 g/mol. The van der Waals surface area contributed by atoms with Gasteiger partial charge in [-0.05, 0) is 6.92 Å². The lowest BCUT2D eigenvalue weighted by Gasteiger charge is -1.94. The van der Waals surface area contributed by atoms with Gasteiger partial charge in [0.2, 0.25) is 10.9 Å². The highest BCUT2D eigenvalue weighted by molar-refractivity contribution is 7.16. The summed E-state index contributed by atoms with van der Waals surface area (Å²) in [5, 5.41) is 7.82. The van der Waals surface area contributed by atoms with Crippen LogP contribution in [-0.4, -0.2) is 20.5 Å². The molecule has 6 heteroatoms. The molecule has 0 spiro atoms. The molecule has 0 aliphatic rings. The van der Waals surface area contributed by atoms with Gasteiger partial charge in [-0.3, -0.25) is 4.79 Å². The van der Waals surface area contributed by atoms with Crippen LogP contribution in [0.2, 0.25) is 0 Å². The van der Waals surface area contributed by atoms with Crippen molar-refractivity contribution in [3.8, 4) is 0 Å². The quantitative estimate of drug-likeness (QED) is 0.795. The molecule has 0 atom stereocenters. The molecule has 2 aromatic heterocycles. The number of aromatic nitrogens is 3. The minimum atomic E-state index is -0.0472. The summed E-state index contributed by atoms with van der Waals surface area (Å²) < 4.78 is 1.73. The molecule has 2 heterocycles. The Morgan fingerprint density at radius 3 is 3.14 bits per heavy atom. The van der Waals surface area contributed by atoms with Gasteiger partial charge >= 0.3 is 0 Å². The van der Waals surface area contributed by atoms with E-state index in [2.05, 4.69) is 15.4 Å². The maximum absolute atomic E-state index is 10.7. The Bertz CT molecular complexity index is 441. The van der Waals surface area contributed by atoms with Gasteiger partial charge in [-0.25, -0.2) is 9.50 Å². The molecule has 0 aliphatic carbocycles. The molecule has 1 N–H and O–H groups in total. The van der Waals surface area contributed by atoms with Crippen molar-refractivity contribution in [2.24, 2.45) is 0 Å². The van der Waals surface area contributed by atoms with E-state index < -0.39 is 0 Å². The fourth-order valence-electron chi connectivity index (χ4n) is 1.12. The summed E-state index contributed by atoms with van der Waals surface area (Å²) in [6.07, 6.45) is 1.86. The second-order valence-electron chi connectivity index (χ2n) is 3.01. The lowest BCUT2D eigenvalue weighted by molar-refractivity contribution is -0.119. The maximum atomic E-state index is 10.7. The van der Waals surface area contributed by atoms with Crippen LogP contribution in [0, 0.1) is 6.92 Å². The second kappa shape index (κ2) is 3.38. The molecule has 0 fully saturated rings. The summed E-state index contributed by atoms with van der Waals surface area (Å²) in [5.41, 5.74) is 0.954. The van der Waals surface area contributed by atoms with Crippen molar-refractivity contribution in [3.63, 3.8) is 0 Å². The van der Waals surface area contributed by atoms with E-state index in [0.29, 0.717) is 6.54 Å². The Labute approximate surface area is 84.8 Å². The molecule has 0 saturated carbocycles. The van der Waals surface area contributed by atoms with E-state index in [0.717, 1.165) is 15.7 Å². The van der Waals surface area contributed by atoms with Gasteiger partial charge in [-0.15, -0.1) is 0 Å². The van der Waals surface area contributed by atoms with Gasteiger partial charge < -0.3 is 5.32 Å². The molecule has 14 heavy (non-hydrogen) atoms. The third kappa shape index (κ3) is 1.74. The Morgan fingerprint density at radius 1 is 1.71 bits per heavy atom. The third-order valence-corrected chi connectivity index (χ3v) is 2.62. The summed E-state index contributed by atoms with van der Waals surface area (Å²) in [7, 11) is 0. The van der Waals surface area contributed by atoms with Crippen molar-refractivity contribution in [1.82, 2.24) is 19.9 Å². The number of imidazole rings is 1. The minimum Gasteiger partial charge on any atom is -0.350 e. The topological polar surface area (TPSA) is 59.3 Å². The highest BCUT2D eigenvalue weighted by Gasteiger charge is 2.05. The van der Waals surface area contributed by atoms with Crippen LogP contribution in [0.5, 0.6) is 0 Å². The van der Waals surface area contributed by atoms with E-state index in [1.807, 2.05) is 13.1 Å². The number of nitrogens with zero attached hydrogens (tertiary/aromatic N) is 3. The molecular formula is C8H10N4OS. The molecule has 5 nitrogen and oxygen atoms in total. The number of aryl methyl sites for hydroxylation is 1. The largest absolute Gasteiger partial charge is 0.350 e. The summed E-state index contributed by atoms with van der Waals surface area (Å²) in [4.78, 5) is 15.8. The standard InChI is InChI=1S/C8H10N4OS/c1-5-4-12-8(10-5)14-7(11-12)3-9-6(2)13/h4H,3H2,1-2H3,(H,9,13). The second-order valence-corrected chi connectivity index (χ2v) is 4.06. The average Bonchev–Trinajstić information content (AvgIpc) is 2.57. The smallest absolute Gasteiger partial charge is 0.217 e. The normalized spacial score (nSPS) is 10.7. The average molecular weight is 210 g/mol. The zero-order chi connectivity index (χ0) is 10.1. The number of nitrogens with one attached hydrogen (secondary N) is 1. The number of carbonyl (C=O) groups excluding carboxylic acids is 1. The monoisotopic (exact) mass is 210 g/mol. The maximum Gasteiger partial charge on any atom is 0.217 e. The van der Waals surface area contributed by atoms with Gasteiger partial charge in [0.25, 0.3) is 0 Å². The summed E-state index contributed by atoms with van der Waals surface area (Å²) in [6.45, 7) is 3.89. The van der Waals surface area contributed by atoms with Crippen molar-refractivity contribution >= 4 is 22.2 Å². The van der Waals surface area contributed by atoms with Crippen LogP contribution in [0.1, 0.15) is 17.6 Å². The first-order valence-electron chi connectivity index (χ1n) is 4.21. The van der Waals surface area contributed by atoms with Crippen LogP contribution in [0.4, 0.5) is 0 Å². The van der Waals surface area contributed by atoms with Gasteiger partial charge in [0.05, 0.1) is 18.4 Å². The van der Waals surface area contributed by atoms with Gasteiger partial charge in [-0.1, -0.05) is 11.3 Å². The fourth-order valence-corrected chi connectivity index (χ4v) is 1.98. The van der Waals surface area contributed by atoms with Gasteiger partial charge in [0.1, 0.15) is 5.01 Å². The summed E-state index contributed by atoms with van der Waals surface area (Å²) in [5.74, 6) is -0.0472. The molecule has 0 saturated heterocycles. The first-order valence-corrected chi connectivity index (χ1v) is 5.03. The number of hydrogen-bond donors (Lipinski definition) is 1. The number of hydrogen-bond acceptors (Lipinski definition) is 4. The number of amides is 1. The van der Waals surface area contributed by atoms with Crippen LogP contribution < -0.4 is 5.32 Å². The Balaban J connectivity index is 2.19. The van der Waals surface area contributed by atoms with Crippen LogP contribution in [-0.2, 0) is 11.3 Å². The van der Waals surface area contributed by atoms with Gasteiger partial charge in [0.15, 0.2) is 0 Å². The van der Waals surface area contributed by atoms with Gasteiger partial charge in [-0.2, -0.15) is 5.10 Å². The van der Waals surface area contributed by atoms with Crippen molar-refractivity contribution in [3.05, 3.63) is 16.9 Å². The first kappa shape index (κ1) is 9.14. The van der Waals surface area contributed by atoms with E-state index in [4.69, 9.17) is 0 Å². The van der Waals surface area contributed by atoms with E-state index in [-0.39, 0.29) is 5.91 Å². The lowest BCUT2D eigenvalue weighted by Crippen LogP contribution is -2.18. The summed E-state index contributed by atoms with van der Waals surface area (Å²) >= 11 is 1.49. The molecule has 0 aliphatic heterocycles. The zero-order valence-corrected chi connectivity index (χ0v) is 8.76. The number of rotatable bonds is 2. The summed E-state index contributed by atoms with van der Waals surface area (Å²) in [6, 6.07) is 0. The van der Waals surface area contributed by atoms with Gasteiger partial charge in [0, 0.05) is 6.92 Å². The van der Waals surface area contributed by atoms with Crippen LogP contribution >= 0.6 is 11.3 Å². The predicted octanol–water partition coefficient (Wildman–Crippen LogP) is 0.735. The van der Waals surface area contributed by atoms with E-state index >= 15 is 0 Å². The molecule has 74 valence electrons. The Kier molecular flexibility index (Phi) is 2.20. The minimum absolute atomic E-state index is 0.0472. The third-order valence-electron chi connectivity index (χ3n) is 1.69. The molecule has 0 unspecified atom stereocenters. The molecule has 0 aromatic carbocycles. The molecule has 2 rings (SSSR count). The zero-order valence-electron chi connectivity index (χ0n) is 7.94. The van der Waals surface area contributed by atoms with Crippen molar-refractivity contribution in [2.45, 2.75) is 20.4 Å². The predicted molar refractivity (Wildman–Crippen MR) is 53.1 cm³/mol. The van der Waals surface area contributed by atoms with E-state index in [1.54, 1.807) is 4.52 Å². The van der Waals surface area contributed by atoms with Crippen LogP contribution in [0.3, 0.4) is 0 Å². The van der Waals surface area contributed by atoms with Crippen LogP contribution in [0.15, 0.2) is 6.20 Å². The molecule has 2 aromatic rings. The lowest BCUT2D eigenvalue weighted by atomic mass is 10.6. The van der Waals surface area contributed by atoms with E-state index in [9.17, 15) is 4.79 Å². The highest BCUT2D eigenvalue weighted by Crippen LogP contribution is 2.13. The fraction of sp³-hybridized carbons (Fsp3) is 0.375. The molecule has 0 radical (unpaired) electrons. The number of fused-ring (bicyclic) bond motifs is 1. The first-order chi connectivity index (χ1) is 6.65. The highest BCUT2D eigenvalue weighted by atomic mass is 32.1. The molecule has 0 bridgehead atoms. The molecule has 1 amide bonds. The SMILES string of the molecule is CC(=O)NCc1nn2cc(C)nc2s1. The Hall–Kier alpha value is -1.43. The van der Waals surface area contributed by atoms with Crippen molar-refractivity contribution in [1.29, 1.82) is 0 Å². The van der Waals surface area contributed by atoms with E-state index in [1.165, 1.54) is 18.3 Å². The number of carbonyl (C=O) groups is 1. The van der Waals surface area contributed by atoms with Crippen molar-refractivity contribution < 1.29 is 4.79 Å². The Morgan fingerprint density at radius 2 is 2.50 bits per heavy atom.